The van der Waals surface area contributed by atoms with Gasteiger partial charge >= 0.3 is 6.18 Å². The summed E-state index contributed by atoms with van der Waals surface area (Å²) in [6.45, 7) is 0. The summed E-state index contributed by atoms with van der Waals surface area (Å²) in [5.74, 6) is -0.761. The van der Waals surface area contributed by atoms with E-state index in [1.165, 1.54) is 40.5 Å². The highest BCUT2D eigenvalue weighted by Crippen LogP contribution is 2.30. The lowest BCUT2D eigenvalue weighted by atomic mass is 10.2. The van der Waals surface area contributed by atoms with Crippen molar-refractivity contribution in [3.63, 3.8) is 0 Å². The fourth-order valence-corrected chi connectivity index (χ4v) is 2.82. The Morgan fingerprint density at radius 3 is 2.57 bits per heavy atom. The van der Waals surface area contributed by atoms with Crippen LogP contribution in [0.15, 0.2) is 48.2 Å². The maximum atomic E-state index is 12.8. The molecule has 0 atom stereocenters. The van der Waals surface area contributed by atoms with Crippen molar-refractivity contribution in [2.75, 3.05) is 10.6 Å². The summed E-state index contributed by atoms with van der Waals surface area (Å²) < 4.78 is 39.6. The van der Waals surface area contributed by atoms with Gasteiger partial charge in [0.1, 0.15) is 0 Å². The van der Waals surface area contributed by atoms with Crippen molar-refractivity contribution < 1.29 is 22.8 Å². The normalized spacial score (nSPS) is 11.2. The number of carbonyl (C=O) groups is 2. The number of benzene rings is 1. The molecule has 0 saturated carbocycles. The lowest BCUT2D eigenvalue weighted by Gasteiger charge is -2.08. The molecule has 2 aromatic heterocycles. The number of anilines is 2. The molecular formula is C17H14F3N5O2S. The molecule has 28 heavy (non-hydrogen) atoms. The van der Waals surface area contributed by atoms with Crippen LogP contribution in [0.25, 0.3) is 5.69 Å². The van der Waals surface area contributed by atoms with Crippen LogP contribution in [-0.4, -0.2) is 26.6 Å². The molecule has 146 valence electrons. The van der Waals surface area contributed by atoms with Crippen LogP contribution in [0, 0.1) is 0 Å². The number of hydrogen-bond donors (Lipinski definition) is 2. The highest BCUT2D eigenvalue weighted by Gasteiger charge is 2.30. The van der Waals surface area contributed by atoms with Gasteiger partial charge in [-0.25, -0.2) is 9.67 Å². The van der Waals surface area contributed by atoms with Crippen LogP contribution in [0.4, 0.5) is 24.0 Å². The van der Waals surface area contributed by atoms with Crippen molar-refractivity contribution in [2.24, 2.45) is 0 Å². The molecule has 0 aliphatic carbocycles. The highest BCUT2D eigenvalue weighted by molar-refractivity contribution is 7.13. The van der Waals surface area contributed by atoms with E-state index in [4.69, 9.17) is 0 Å². The topological polar surface area (TPSA) is 88.9 Å². The highest BCUT2D eigenvalue weighted by atomic mass is 32.1. The van der Waals surface area contributed by atoms with E-state index in [0.29, 0.717) is 10.8 Å². The average Bonchev–Trinajstić information content (AvgIpc) is 3.31. The summed E-state index contributed by atoms with van der Waals surface area (Å²) >= 11 is 1.27. The second-order valence-electron chi connectivity index (χ2n) is 5.66. The minimum atomic E-state index is -4.46. The molecule has 0 unspecified atom stereocenters. The molecule has 7 nitrogen and oxygen atoms in total. The summed E-state index contributed by atoms with van der Waals surface area (Å²) in [6, 6.07) is 4.67. The minimum Gasteiger partial charge on any atom is -0.323 e. The molecule has 3 aromatic rings. The molecular weight excluding hydrogens is 395 g/mol. The van der Waals surface area contributed by atoms with E-state index in [-0.39, 0.29) is 24.4 Å². The van der Waals surface area contributed by atoms with E-state index in [0.717, 1.165) is 12.1 Å². The maximum Gasteiger partial charge on any atom is 0.416 e. The van der Waals surface area contributed by atoms with Gasteiger partial charge in [0.15, 0.2) is 5.13 Å². The molecule has 0 aliphatic heterocycles. The number of aromatic nitrogens is 3. The first-order valence-corrected chi connectivity index (χ1v) is 8.91. The number of nitrogens with one attached hydrogen (secondary N) is 2. The molecule has 0 radical (unpaired) electrons. The van der Waals surface area contributed by atoms with Crippen molar-refractivity contribution in [3.05, 3.63) is 53.8 Å². The van der Waals surface area contributed by atoms with Crippen molar-refractivity contribution in [2.45, 2.75) is 19.0 Å². The van der Waals surface area contributed by atoms with Crippen LogP contribution in [0.2, 0.25) is 0 Å². The monoisotopic (exact) mass is 409 g/mol. The first-order chi connectivity index (χ1) is 13.3. The van der Waals surface area contributed by atoms with Crippen LogP contribution in [0.5, 0.6) is 0 Å². The molecule has 0 bridgehead atoms. The number of rotatable bonds is 6. The first-order valence-electron chi connectivity index (χ1n) is 8.03. The average molecular weight is 409 g/mol. The van der Waals surface area contributed by atoms with Gasteiger partial charge in [-0.2, -0.15) is 18.3 Å². The maximum absolute atomic E-state index is 12.8. The van der Waals surface area contributed by atoms with Crippen molar-refractivity contribution in [3.8, 4) is 5.69 Å². The van der Waals surface area contributed by atoms with Gasteiger partial charge in [-0.15, -0.1) is 11.3 Å². The van der Waals surface area contributed by atoms with Crippen LogP contribution in [0.1, 0.15) is 18.4 Å². The quantitative estimate of drug-likeness (QED) is 0.650. The summed E-state index contributed by atoms with van der Waals surface area (Å²) in [6.07, 6.45) is -0.301. The Labute approximate surface area is 161 Å². The second-order valence-corrected chi connectivity index (χ2v) is 6.55. The number of thiazole rings is 1. The van der Waals surface area contributed by atoms with Crippen molar-refractivity contribution in [1.82, 2.24) is 14.8 Å². The van der Waals surface area contributed by atoms with E-state index in [1.54, 1.807) is 11.6 Å². The Balaban J connectivity index is 1.55. The standard InChI is InChI=1S/C17H14F3N5O2S/c18-17(19,20)11-2-1-3-13(8-11)25-10-12(9-22-25)23-14(26)4-5-15(27)24-16-21-6-7-28-16/h1-3,6-10H,4-5H2,(H,23,26)(H,21,24,27). The zero-order valence-corrected chi connectivity index (χ0v) is 15.0. The molecule has 0 fully saturated rings. The smallest absolute Gasteiger partial charge is 0.323 e. The number of nitrogens with zero attached hydrogens (tertiary/aromatic N) is 3. The summed E-state index contributed by atoms with van der Waals surface area (Å²) in [7, 11) is 0. The van der Waals surface area contributed by atoms with E-state index >= 15 is 0 Å². The third-order valence-corrected chi connectivity index (χ3v) is 4.25. The SMILES string of the molecule is O=C(CCC(=O)Nc1nccs1)Nc1cnn(-c2cccc(C(F)(F)F)c2)c1. The van der Waals surface area contributed by atoms with Crippen molar-refractivity contribution in [1.29, 1.82) is 0 Å². The van der Waals surface area contributed by atoms with E-state index in [9.17, 15) is 22.8 Å². The number of hydrogen-bond acceptors (Lipinski definition) is 5. The largest absolute Gasteiger partial charge is 0.416 e. The zero-order valence-electron chi connectivity index (χ0n) is 14.2. The molecule has 0 spiro atoms. The minimum absolute atomic E-state index is 0.0345. The summed E-state index contributed by atoms with van der Waals surface area (Å²) in [5, 5.41) is 11.2. The molecule has 2 N–H and O–H groups in total. The lowest BCUT2D eigenvalue weighted by molar-refractivity contribution is -0.137. The van der Waals surface area contributed by atoms with E-state index < -0.39 is 17.6 Å². The van der Waals surface area contributed by atoms with Gasteiger partial charge in [0.05, 0.1) is 29.3 Å². The van der Waals surface area contributed by atoms with Gasteiger partial charge in [-0.3, -0.25) is 9.59 Å². The van der Waals surface area contributed by atoms with Crippen LogP contribution >= 0.6 is 11.3 Å². The molecule has 11 heteroatoms. The van der Waals surface area contributed by atoms with Gasteiger partial charge in [-0.1, -0.05) is 6.07 Å². The third kappa shape index (κ3) is 5.16. The van der Waals surface area contributed by atoms with Gasteiger partial charge in [0, 0.05) is 24.4 Å². The predicted octanol–water partition coefficient (Wildman–Crippen LogP) is 3.71. The second kappa shape index (κ2) is 8.21. The number of amides is 2. The van der Waals surface area contributed by atoms with Gasteiger partial charge in [0.25, 0.3) is 0 Å². The Morgan fingerprint density at radius 1 is 1.14 bits per heavy atom. The molecule has 2 heterocycles. The fraction of sp³-hybridized carbons (Fsp3) is 0.176. The van der Waals surface area contributed by atoms with E-state index in [1.807, 2.05) is 0 Å². The number of alkyl halides is 3. The molecule has 0 aliphatic rings. The number of halogens is 3. The third-order valence-electron chi connectivity index (χ3n) is 3.56. The summed E-state index contributed by atoms with van der Waals surface area (Å²) in [5.41, 5.74) is -0.279. The van der Waals surface area contributed by atoms with E-state index in [2.05, 4.69) is 20.7 Å². The Morgan fingerprint density at radius 2 is 1.89 bits per heavy atom. The number of carbonyl (C=O) groups excluding carboxylic acids is 2. The van der Waals surface area contributed by atoms with Crippen molar-refractivity contribution >= 4 is 34.0 Å². The molecule has 3 rings (SSSR count). The molecule has 2 amide bonds. The van der Waals surface area contributed by atoms with Crippen LogP contribution in [-0.2, 0) is 15.8 Å². The predicted molar refractivity (Wildman–Crippen MR) is 97.2 cm³/mol. The van der Waals surface area contributed by atoms with Crippen LogP contribution < -0.4 is 10.6 Å². The first kappa shape index (κ1) is 19.5. The Hall–Kier alpha value is -3.21. The van der Waals surface area contributed by atoms with Gasteiger partial charge in [0.2, 0.25) is 11.8 Å². The molecule has 1 aromatic carbocycles. The van der Waals surface area contributed by atoms with Crippen LogP contribution in [0.3, 0.4) is 0 Å². The molecule has 0 saturated heterocycles. The fourth-order valence-electron chi connectivity index (χ4n) is 2.27. The van der Waals surface area contributed by atoms with Gasteiger partial charge < -0.3 is 10.6 Å². The summed E-state index contributed by atoms with van der Waals surface area (Å²) in [4.78, 5) is 27.6. The van der Waals surface area contributed by atoms with Gasteiger partial charge in [-0.05, 0) is 18.2 Å². The Bertz CT molecular complexity index is 969. The lowest BCUT2D eigenvalue weighted by Crippen LogP contribution is -2.17. The Kier molecular flexibility index (Phi) is 5.73. The zero-order chi connectivity index (χ0) is 20.1.